The Morgan fingerprint density at radius 1 is 0.645 bits per heavy atom. The van der Waals surface area contributed by atoms with Crippen LogP contribution in [0.2, 0.25) is 0 Å². The average molecular weight is 503 g/mol. The molecule has 170 valence electrons. The predicted molar refractivity (Wildman–Crippen MR) is 144 cm³/mol. The van der Waals surface area contributed by atoms with Gasteiger partial charge in [-0.05, 0) is 0 Å². The molecule has 0 unspecified atom stereocenters. The van der Waals surface area contributed by atoms with E-state index in [9.17, 15) is 0 Å². The van der Waals surface area contributed by atoms with E-state index < -0.39 is 0 Å². The number of allylic oxidation sites excluding steroid dienone is 7. The molecule has 1 aromatic rings. The SMILES string of the molecule is CC(C)(C)C1=CC(=C/C=C/c2cc(C(C)(C)C)[s+]c(C(C)(C)C)c2)C=C(C(C)(C)C)[Se]1. The topological polar surface area (TPSA) is 0 Å². The second-order valence-electron chi connectivity index (χ2n) is 12.8. The Kier molecular flexibility index (Phi) is 7.74. The second-order valence-corrected chi connectivity index (χ2v) is 16.1. The van der Waals surface area contributed by atoms with Gasteiger partial charge in [-0.1, -0.05) is 0 Å². The summed E-state index contributed by atoms with van der Waals surface area (Å²) in [6, 6.07) is 4.73. The fourth-order valence-corrected chi connectivity index (χ4v) is 6.82. The Balaban J connectivity index is 2.47. The van der Waals surface area contributed by atoms with Crippen molar-refractivity contribution in [3.05, 3.63) is 66.3 Å². The van der Waals surface area contributed by atoms with Crippen LogP contribution in [0.3, 0.4) is 0 Å². The van der Waals surface area contributed by atoms with E-state index in [2.05, 4.69) is 126 Å². The zero-order valence-corrected chi connectivity index (χ0v) is 24.4. The third-order valence-corrected chi connectivity index (χ3v) is 11.1. The minimum atomic E-state index is 0.160. The number of rotatable bonds is 2. The van der Waals surface area contributed by atoms with Crippen LogP contribution in [-0.2, 0) is 10.8 Å². The molecule has 1 aliphatic heterocycles. The van der Waals surface area contributed by atoms with Gasteiger partial charge in [-0.3, -0.25) is 0 Å². The molecule has 2 heterocycles. The van der Waals surface area contributed by atoms with Crippen LogP contribution >= 0.6 is 11.3 Å². The van der Waals surface area contributed by atoms with Gasteiger partial charge in [-0.25, -0.2) is 0 Å². The first-order valence-electron chi connectivity index (χ1n) is 11.4. The molecular formula is C29H43SSe+. The summed E-state index contributed by atoms with van der Waals surface area (Å²) < 4.78 is 3.16. The van der Waals surface area contributed by atoms with Gasteiger partial charge in [0.2, 0.25) is 0 Å². The van der Waals surface area contributed by atoms with E-state index >= 15 is 0 Å². The molecule has 2 heteroatoms. The van der Waals surface area contributed by atoms with Crippen LogP contribution in [0.1, 0.15) is 98.4 Å². The third-order valence-electron chi connectivity index (χ3n) is 5.17. The van der Waals surface area contributed by atoms with Crippen molar-refractivity contribution in [1.29, 1.82) is 0 Å². The zero-order valence-electron chi connectivity index (χ0n) is 21.9. The number of hydrogen-bond acceptors (Lipinski definition) is 0. The third kappa shape index (κ3) is 7.55. The van der Waals surface area contributed by atoms with Gasteiger partial charge in [-0.2, -0.15) is 0 Å². The van der Waals surface area contributed by atoms with Gasteiger partial charge >= 0.3 is 203 Å². The van der Waals surface area contributed by atoms with Gasteiger partial charge in [0.1, 0.15) is 0 Å². The molecular weight excluding hydrogens is 459 g/mol. The van der Waals surface area contributed by atoms with Crippen LogP contribution in [0.15, 0.2) is 51.0 Å². The van der Waals surface area contributed by atoms with Crippen molar-refractivity contribution in [2.45, 2.75) is 93.9 Å². The Bertz CT molecular complexity index is 863. The molecule has 0 amide bonds. The van der Waals surface area contributed by atoms with E-state index in [4.69, 9.17) is 0 Å². The molecule has 0 bridgehead atoms. The predicted octanol–water partition coefficient (Wildman–Crippen LogP) is 9.14. The molecule has 0 aliphatic carbocycles. The summed E-state index contributed by atoms with van der Waals surface area (Å²) in [5, 5.41) is 0. The van der Waals surface area contributed by atoms with Crippen molar-refractivity contribution in [2.75, 3.05) is 0 Å². The first-order valence-corrected chi connectivity index (χ1v) is 13.9. The van der Waals surface area contributed by atoms with Crippen LogP contribution < -0.4 is 0 Å². The molecule has 0 atom stereocenters. The molecule has 31 heavy (non-hydrogen) atoms. The van der Waals surface area contributed by atoms with Gasteiger partial charge < -0.3 is 0 Å². The summed E-state index contributed by atoms with van der Waals surface area (Å²) >= 11 is 2.38. The van der Waals surface area contributed by atoms with Gasteiger partial charge in [0, 0.05) is 0 Å². The Labute approximate surface area is 202 Å². The molecule has 2 rings (SSSR count). The molecule has 0 radical (unpaired) electrons. The Hall–Kier alpha value is -0.951. The van der Waals surface area contributed by atoms with Gasteiger partial charge in [-0.15, -0.1) is 0 Å². The standard InChI is InChI=1S/C29H43SSe/c1-26(2,3)22-16-20(17-23(30-22)27(4,5)6)14-13-15-21-18-24(28(7,8)9)31-25(19-21)29(10,11)12/h13-19H,1-12H3/q+1/b14-13+. The van der Waals surface area contributed by atoms with Crippen LogP contribution in [0.25, 0.3) is 6.08 Å². The van der Waals surface area contributed by atoms with Crippen LogP contribution in [0.5, 0.6) is 0 Å². The van der Waals surface area contributed by atoms with Crippen molar-refractivity contribution < 1.29 is 0 Å². The van der Waals surface area contributed by atoms with Crippen molar-refractivity contribution in [2.24, 2.45) is 10.8 Å². The van der Waals surface area contributed by atoms with E-state index in [-0.39, 0.29) is 21.7 Å². The van der Waals surface area contributed by atoms with Crippen LogP contribution in [-0.4, -0.2) is 15.0 Å². The molecule has 0 fully saturated rings. The van der Waals surface area contributed by atoms with Crippen LogP contribution in [0.4, 0.5) is 0 Å². The molecule has 1 aliphatic rings. The maximum atomic E-state index is 2.42. The van der Waals surface area contributed by atoms with Crippen molar-refractivity contribution in [1.82, 2.24) is 0 Å². The first-order chi connectivity index (χ1) is 13.9. The summed E-state index contributed by atoms with van der Waals surface area (Å²) in [5.74, 6) is 0. The monoisotopic (exact) mass is 503 g/mol. The fourth-order valence-electron chi connectivity index (χ4n) is 2.98. The van der Waals surface area contributed by atoms with E-state index in [1.165, 1.54) is 20.9 Å². The van der Waals surface area contributed by atoms with E-state index in [1.54, 1.807) is 8.94 Å². The number of hydrogen-bond donors (Lipinski definition) is 0. The van der Waals surface area contributed by atoms with Gasteiger partial charge in [0.25, 0.3) is 0 Å². The van der Waals surface area contributed by atoms with E-state index in [1.807, 2.05) is 11.3 Å². The second kappa shape index (κ2) is 9.12. The van der Waals surface area contributed by atoms with Crippen molar-refractivity contribution >= 4 is 32.4 Å². The fraction of sp³-hybridized carbons (Fsp3) is 0.552. The van der Waals surface area contributed by atoms with Crippen molar-refractivity contribution in [3.63, 3.8) is 0 Å². The molecule has 0 aromatic carbocycles. The van der Waals surface area contributed by atoms with Gasteiger partial charge in [0.05, 0.1) is 0 Å². The normalized spacial score (nSPS) is 16.5. The maximum absolute atomic E-state index is 2.42. The zero-order chi connectivity index (χ0) is 23.8. The van der Waals surface area contributed by atoms with Crippen molar-refractivity contribution in [3.8, 4) is 0 Å². The summed E-state index contributed by atoms with van der Waals surface area (Å²) in [6.45, 7) is 27.9. The van der Waals surface area contributed by atoms with Crippen LogP contribution in [0, 0.1) is 10.8 Å². The quantitative estimate of drug-likeness (QED) is 0.279. The molecule has 0 spiro atoms. The molecule has 0 saturated heterocycles. The van der Waals surface area contributed by atoms with E-state index in [0.717, 1.165) is 0 Å². The molecule has 0 N–H and O–H groups in total. The Morgan fingerprint density at radius 2 is 1.06 bits per heavy atom. The Morgan fingerprint density at radius 3 is 1.42 bits per heavy atom. The first kappa shape index (κ1) is 26.3. The summed E-state index contributed by atoms with van der Waals surface area (Å²) in [7, 11) is 0. The molecule has 0 nitrogen and oxygen atoms in total. The molecule has 1 aromatic heterocycles. The summed E-state index contributed by atoms with van der Waals surface area (Å²) in [5.41, 5.74) is 3.38. The van der Waals surface area contributed by atoms with Gasteiger partial charge in [0.15, 0.2) is 0 Å². The average Bonchev–Trinajstić information content (AvgIpc) is 2.58. The molecule has 0 saturated carbocycles. The summed E-state index contributed by atoms with van der Waals surface area (Å²) in [4.78, 5) is 2.88. The minimum absolute atomic E-state index is 0.160. The summed E-state index contributed by atoms with van der Waals surface area (Å²) in [6.07, 6.45) is 11.7. The van der Waals surface area contributed by atoms with E-state index in [0.29, 0.717) is 15.0 Å².